The van der Waals surface area contributed by atoms with Gasteiger partial charge in [0.1, 0.15) is 0 Å². The molecule has 4 nitrogen and oxygen atoms in total. The molecule has 0 saturated carbocycles. The van der Waals surface area contributed by atoms with Gasteiger partial charge in [-0.25, -0.2) is 4.79 Å². The van der Waals surface area contributed by atoms with Gasteiger partial charge in [0.2, 0.25) is 0 Å². The summed E-state index contributed by atoms with van der Waals surface area (Å²) in [5.41, 5.74) is 0.837. The molecular weight excluding hydrogens is 154 g/mol. The third kappa shape index (κ3) is 2.74. The summed E-state index contributed by atoms with van der Waals surface area (Å²) in [6.07, 6.45) is 1.62. The minimum absolute atomic E-state index is 0.215. The van der Waals surface area contributed by atoms with Gasteiger partial charge in [0.25, 0.3) is 0 Å². The maximum atomic E-state index is 10.8. The van der Waals surface area contributed by atoms with Crippen LogP contribution in [-0.2, 0) is 0 Å². The van der Waals surface area contributed by atoms with Crippen LogP contribution in [0, 0.1) is 6.92 Å². The van der Waals surface area contributed by atoms with Gasteiger partial charge in [-0.15, -0.1) is 0 Å². The molecule has 1 rings (SSSR count). The van der Waals surface area contributed by atoms with E-state index in [1.165, 1.54) is 4.68 Å². The van der Waals surface area contributed by atoms with Crippen molar-refractivity contribution in [1.29, 1.82) is 0 Å². The largest absolute Gasteiger partial charge is 0.341 e. The Balaban J connectivity index is 0.000000561. The van der Waals surface area contributed by atoms with Crippen molar-refractivity contribution in [3.63, 3.8) is 0 Å². The maximum absolute atomic E-state index is 10.8. The lowest BCUT2D eigenvalue weighted by molar-refractivity contribution is 0.241. The van der Waals surface area contributed by atoms with E-state index < -0.39 is 0 Å². The fraction of sp³-hybridized carbons (Fsp3) is 0.500. The summed E-state index contributed by atoms with van der Waals surface area (Å²) in [5, 5.41) is 6.34. The van der Waals surface area contributed by atoms with E-state index >= 15 is 0 Å². The molecule has 1 N–H and O–H groups in total. The second-order valence-electron chi connectivity index (χ2n) is 1.96. The second-order valence-corrected chi connectivity index (χ2v) is 1.96. The summed E-state index contributed by atoms with van der Waals surface area (Å²) in [6.45, 7) is 5.83. The topological polar surface area (TPSA) is 46.9 Å². The minimum atomic E-state index is -0.215. The van der Waals surface area contributed by atoms with Crippen molar-refractivity contribution in [3.8, 4) is 0 Å². The van der Waals surface area contributed by atoms with E-state index in [2.05, 4.69) is 10.4 Å². The lowest BCUT2D eigenvalue weighted by Gasteiger charge is -1.95. The first-order chi connectivity index (χ1) is 5.74. The van der Waals surface area contributed by atoms with Gasteiger partial charge in [0.05, 0.1) is 5.69 Å². The Morgan fingerprint density at radius 3 is 2.50 bits per heavy atom. The number of nitrogens with zero attached hydrogens (tertiary/aromatic N) is 2. The summed E-state index contributed by atoms with van der Waals surface area (Å²) in [7, 11) is 1.57. The number of carbonyl (C=O) groups is 1. The van der Waals surface area contributed by atoms with Crippen molar-refractivity contribution in [2.45, 2.75) is 20.8 Å². The van der Waals surface area contributed by atoms with Gasteiger partial charge in [-0.2, -0.15) is 9.78 Å². The van der Waals surface area contributed by atoms with E-state index in [0.717, 1.165) is 5.69 Å². The lowest BCUT2D eigenvalue weighted by Crippen LogP contribution is -2.24. The van der Waals surface area contributed by atoms with Crippen LogP contribution >= 0.6 is 0 Å². The Morgan fingerprint density at radius 1 is 1.58 bits per heavy atom. The molecule has 68 valence electrons. The number of carbonyl (C=O) groups excluding carboxylic acids is 1. The van der Waals surface area contributed by atoms with Crippen LogP contribution in [-0.4, -0.2) is 22.9 Å². The van der Waals surface area contributed by atoms with E-state index in [-0.39, 0.29) is 6.03 Å². The molecule has 0 fully saturated rings. The van der Waals surface area contributed by atoms with E-state index in [1.54, 1.807) is 19.3 Å². The second kappa shape index (κ2) is 5.35. The Labute approximate surface area is 72.6 Å². The Hall–Kier alpha value is -1.32. The number of nitrogens with one attached hydrogen (secondary N) is 1. The van der Waals surface area contributed by atoms with E-state index in [9.17, 15) is 4.79 Å². The monoisotopic (exact) mass is 169 g/mol. The highest BCUT2D eigenvalue weighted by Gasteiger charge is 1.99. The molecular formula is C8H15N3O. The number of aromatic nitrogens is 2. The van der Waals surface area contributed by atoms with Crippen molar-refractivity contribution >= 4 is 6.03 Å². The fourth-order valence-electron chi connectivity index (χ4n) is 0.643. The number of hydrogen-bond donors (Lipinski definition) is 1. The molecule has 0 spiro atoms. The quantitative estimate of drug-likeness (QED) is 0.638. The molecule has 0 saturated heterocycles. The van der Waals surface area contributed by atoms with Crippen LogP contribution in [0.3, 0.4) is 0 Å². The summed E-state index contributed by atoms with van der Waals surface area (Å²) in [4.78, 5) is 10.8. The van der Waals surface area contributed by atoms with Gasteiger partial charge in [-0.1, -0.05) is 13.8 Å². The molecule has 0 aliphatic carbocycles. The average molecular weight is 169 g/mol. The molecule has 1 heterocycles. The Bertz CT molecular complexity index is 242. The summed E-state index contributed by atoms with van der Waals surface area (Å²) < 4.78 is 1.26. The van der Waals surface area contributed by atoms with Crippen LogP contribution in [0.25, 0.3) is 0 Å². The first-order valence-electron chi connectivity index (χ1n) is 3.98. The van der Waals surface area contributed by atoms with Crippen LogP contribution in [0.2, 0.25) is 0 Å². The average Bonchev–Trinajstić information content (AvgIpc) is 2.54. The summed E-state index contributed by atoms with van der Waals surface area (Å²) >= 11 is 0. The van der Waals surface area contributed by atoms with Crippen LogP contribution in [0.4, 0.5) is 4.79 Å². The molecule has 1 amide bonds. The van der Waals surface area contributed by atoms with Crippen LogP contribution in [0.5, 0.6) is 0 Å². The molecule has 0 aliphatic heterocycles. The van der Waals surface area contributed by atoms with E-state index in [4.69, 9.17) is 0 Å². The van der Waals surface area contributed by atoms with Crippen molar-refractivity contribution in [2.75, 3.05) is 7.05 Å². The zero-order chi connectivity index (χ0) is 9.56. The Kier molecular flexibility index (Phi) is 4.76. The highest BCUT2D eigenvalue weighted by molar-refractivity contribution is 5.75. The zero-order valence-corrected chi connectivity index (χ0v) is 7.96. The van der Waals surface area contributed by atoms with Crippen LogP contribution < -0.4 is 5.32 Å². The first-order valence-corrected chi connectivity index (χ1v) is 3.98. The van der Waals surface area contributed by atoms with Crippen LogP contribution in [0.15, 0.2) is 12.3 Å². The third-order valence-corrected chi connectivity index (χ3v) is 1.14. The fourth-order valence-corrected chi connectivity index (χ4v) is 0.643. The van der Waals surface area contributed by atoms with E-state index in [0.29, 0.717) is 0 Å². The molecule has 0 radical (unpaired) electrons. The molecule has 0 atom stereocenters. The highest BCUT2D eigenvalue weighted by Crippen LogP contribution is 1.90. The first kappa shape index (κ1) is 10.7. The molecule has 1 aromatic heterocycles. The molecule has 0 bridgehead atoms. The number of rotatable bonds is 0. The SMILES string of the molecule is CC.CNC(=O)n1ccc(C)n1. The van der Waals surface area contributed by atoms with Gasteiger partial charge >= 0.3 is 6.03 Å². The van der Waals surface area contributed by atoms with Gasteiger partial charge in [-0.05, 0) is 13.0 Å². The van der Waals surface area contributed by atoms with Gasteiger partial charge in [-0.3, -0.25) is 0 Å². The molecule has 0 aromatic carbocycles. The summed E-state index contributed by atoms with van der Waals surface area (Å²) in [5.74, 6) is 0. The molecule has 12 heavy (non-hydrogen) atoms. The smallest absolute Gasteiger partial charge is 0.339 e. The standard InChI is InChI=1S/C6H9N3O.C2H6/c1-5-3-4-9(8-5)6(10)7-2;1-2/h3-4H,1-2H3,(H,7,10);1-2H3. The number of amides is 1. The lowest BCUT2D eigenvalue weighted by atomic mass is 10.5. The zero-order valence-electron chi connectivity index (χ0n) is 7.96. The van der Waals surface area contributed by atoms with Crippen LogP contribution in [0.1, 0.15) is 19.5 Å². The van der Waals surface area contributed by atoms with Crippen molar-refractivity contribution in [3.05, 3.63) is 18.0 Å². The number of hydrogen-bond acceptors (Lipinski definition) is 2. The van der Waals surface area contributed by atoms with Gasteiger partial charge in [0, 0.05) is 13.2 Å². The highest BCUT2D eigenvalue weighted by atomic mass is 16.2. The van der Waals surface area contributed by atoms with E-state index in [1.807, 2.05) is 20.8 Å². The molecule has 4 heteroatoms. The third-order valence-electron chi connectivity index (χ3n) is 1.14. The maximum Gasteiger partial charge on any atom is 0.341 e. The van der Waals surface area contributed by atoms with Crippen molar-refractivity contribution in [1.82, 2.24) is 15.1 Å². The number of aryl methyl sites for hydroxylation is 1. The van der Waals surface area contributed by atoms with Gasteiger partial charge < -0.3 is 5.32 Å². The predicted octanol–water partition coefficient (Wildman–Crippen LogP) is 1.41. The normalized spacial score (nSPS) is 8.33. The van der Waals surface area contributed by atoms with Gasteiger partial charge in [0.15, 0.2) is 0 Å². The molecule has 1 aromatic rings. The predicted molar refractivity (Wildman–Crippen MR) is 48.2 cm³/mol. The van der Waals surface area contributed by atoms with Crippen molar-refractivity contribution < 1.29 is 4.79 Å². The minimum Gasteiger partial charge on any atom is -0.339 e. The molecule has 0 aliphatic rings. The molecule has 0 unspecified atom stereocenters. The van der Waals surface area contributed by atoms with Crippen molar-refractivity contribution in [2.24, 2.45) is 0 Å². The Morgan fingerprint density at radius 2 is 2.17 bits per heavy atom. The summed E-state index contributed by atoms with van der Waals surface area (Å²) in [6, 6.07) is 1.56.